The number of hydrogen-bond donors (Lipinski definition) is 1. The van der Waals surface area contributed by atoms with Crippen molar-refractivity contribution in [1.29, 1.82) is 0 Å². The molecule has 104 valence electrons. The van der Waals surface area contributed by atoms with E-state index >= 15 is 0 Å². The topological polar surface area (TPSA) is 32.3 Å². The van der Waals surface area contributed by atoms with Crippen LogP contribution in [0.1, 0.15) is 43.0 Å². The molecule has 1 aromatic rings. The van der Waals surface area contributed by atoms with E-state index in [0.29, 0.717) is 6.04 Å². The first kappa shape index (κ1) is 14.1. The van der Waals surface area contributed by atoms with Crippen molar-refractivity contribution in [1.82, 2.24) is 5.32 Å². The molecule has 0 aliphatic carbocycles. The van der Waals surface area contributed by atoms with Crippen molar-refractivity contribution in [2.45, 2.75) is 38.6 Å². The van der Waals surface area contributed by atoms with Crippen LogP contribution in [-0.2, 0) is 0 Å². The fraction of sp³-hybridized carbons (Fsp3) is 0.562. The molecule has 1 aliphatic heterocycles. The van der Waals surface area contributed by atoms with Crippen LogP contribution in [0.15, 0.2) is 24.3 Å². The van der Waals surface area contributed by atoms with Crippen molar-refractivity contribution in [2.75, 3.05) is 25.0 Å². The van der Waals surface area contributed by atoms with Crippen LogP contribution in [0.4, 0.5) is 5.69 Å². The number of hydrogen-bond acceptors (Lipinski definition) is 3. The molecule has 1 saturated heterocycles. The van der Waals surface area contributed by atoms with Crippen molar-refractivity contribution < 1.29 is 4.79 Å². The molecule has 0 aromatic heterocycles. The Labute approximate surface area is 116 Å². The lowest BCUT2D eigenvalue weighted by molar-refractivity contribution is 0.101. The number of benzene rings is 1. The summed E-state index contributed by atoms with van der Waals surface area (Å²) in [4.78, 5) is 14.0. The number of ketones is 1. The zero-order valence-electron chi connectivity index (χ0n) is 12.0. The molecule has 1 aromatic carbocycles. The summed E-state index contributed by atoms with van der Waals surface area (Å²) in [5.41, 5.74) is 2.02. The Balaban J connectivity index is 2.16. The average Bonchev–Trinajstić information content (AvgIpc) is 2.45. The molecule has 3 nitrogen and oxygen atoms in total. The molecular weight excluding hydrogens is 236 g/mol. The Morgan fingerprint density at radius 1 is 1.42 bits per heavy atom. The summed E-state index contributed by atoms with van der Waals surface area (Å²) < 4.78 is 0. The summed E-state index contributed by atoms with van der Waals surface area (Å²) in [6, 6.07) is 8.67. The van der Waals surface area contributed by atoms with Crippen LogP contribution in [0, 0.1) is 0 Å². The first-order valence-corrected chi connectivity index (χ1v) is 7.24. The van der Waals surface area contributed by atoms with Gasteiger partial charge in [-0.15, -0.1) is 0 Å². The third kappa shape index (κ3) is 3.57. The molecule has 19 heavy (non-hydrogen) atoms. The van der Waals surface area contributed by atoms with Crippen molar-refractivity contribution in [3.05, 3.63) is 29.8 Å². The molecule has 0 saturated carbocycles. The SMILES string of the molecule is CNCCC1CCCCN1c1cccc(C(C)=O)c1. The number of nitrogens with one attached hydrogen (secondary N) is 1. The van der Waals surface area contributed by atoms with E-state index < -0.39 is 0 Å². The van der Waals surface area contributed by atoms with Gasteiger partial charge in [-0.05, 0) is 58.3 Å². The molecule has 1 aliphatic rings. The lowest BCUT2D eigenvalue weighted by Gasteiger charge is -2.38. The maximum absolute atomic E-state index is 11.5. The van der Waals surface area contributed by atoms with Gasteiger partial charge in [0.25, 0.3) is 0 Å². The molecule has 1 N–H and O–H groups in total. The fourth-order valence-electron chi connectivity index (χ4n) is 2.86. The predicted molar refractivity (Wildman–Crippen MR) is 80.0 cm³/mol. The van der Waals surface area contributed by atoms with Crippen LogP contribution >= 0.6 is 0 Å². The maximum Gasteiger partial charge on any atom is 0.159 e. The van der Waals surface area contributed by atoms with Gasteiger partial charge in [0.15, 0.2) is 5.78 Å². The van der Waals surface area contributed by atoms with Crippen molar-refractivity contribution in [3.63, 3.8) is 0 Å². The monoisotopic (exact) mass is 260 g/mol. The predicted octanol–water partition coefficient (Wildman–Crippen LogP) is 2.86. The lowest BCUT2D eigenvalue weighted by atomic mass is 9.98. The van der Waals surface area contributed by atoms with Crippen molar-refractivity contribution >= 4 is 11.5 Å². The Bertz CT molecular complexity index is 431. The minimum Gasteiger partial charge on any atom is -0.368 e. The first-order valence-electron chi connectivity index (χ1n) is 7.24. The summed E-state index contributed by atoms with van der Waals surface area (Å²) in [6.07, 6.45) is 4.99. The minimum atomic E-state index is 0.144. The van der Waals surface area contributed by atoms with E-state index in [0.717, 1.165) is 18.7 Å². The Kier molecular flexibility index (Phi) is 4.97. The second-order valence-electron chi connectivity index (χ2n) is 5.34. The van der Waals surface area contributed by atoms with Crippen molar-refractivity contribution in [2.24, 2.45) is 0 Å². The van der Waals surface area contributed by atoms with Crippen molar-refractivity contribution in [3.8, 4) is 0 Å². The highest BCUT2D eigenvalue weighted by Crippen LogP contribution is 2.27. The molecule has 3 heteroatoms. The molecule has 1 atom stereocenters. The van der Waals surface area contributed by atoms with Crippen LogP contribution in [0.5, 0.6) is 0 Å². The molecule has 1 heterocycles. The second kappa shape index (κ2) is 6.71. The normalized spacial score (nSPS) is 19.5. The Morgan fingerprint density at radius 3 is 3.00 bits per heavy atom. The molecule has 1 fully saturated rings. The number of rotatable bonds is 5. The smallest absolute Gasteiger partial charge is 0.159 e. The number of Topliss-reactive ketones (excluding diaryl/α,β-unsaturated/α-hetero) is 1. The van der Waals surface area contributed by atoms with Gasteiger partial charge in [-0.3, -0.25) is 4.79 Å². The van der Waals surface area contributed by atoms with Gasteiger partial charge in [0.2, 0.25) is 0 Å². The highest BCUT2D eigenvalue weighted by molar-refractivity contribution is 5.95. The van der Waals surface area contributed by atoms with Gasteiger partial charge in [0.1, 0.15) is 0 Å². The zero-order valence-corrected chi connectivity index (χ0v) is 12.0. The number of carbonyl (C=O) groups excluding carboxylic acids is 1. The summed E-state index contributed by atoms with van der Waals surface area (Å²) in [5, 5.41) is 3.24. The highest BCUT2D eigenvalue weighted by atomic mass is 16.1. The largest absolute Gasteiger partial charge is 0.368 e. The van der Waals surface area contributed by atoms with Crippen LogP contribution in [0.25, 0.3) is 0 Å². The summed E-state index contributed by atoms with van der Waals surface area (Å²) >= 11 is 0. The lowest BCUT2D eigenvalue weighted by Crippen LogP contribution is -2.41. The van der Waals surface area contributed by atoms with Gasteiger partial charge >= 0.3 is 0 Å². The van der Waals surface area contributed by atoms with Gasteiger partial charge in [-0.25, -0.2) is 0 Å². The third-order valence-corrected chi connectivity index (χ3v) is 3.94. The van der Waals surface area contributed by atoms with E-state index in [9.17, 15) is 4.79 Å². The fourth-order valence-corrected chi connectivity index (χ4v) is 2.86. The number of nitrogens with zero attached hydrogens (tertiary/aromatic N) is 1. The van der Waals surface area contributed by atoms with E-state index in [1.165, 1.54) is 31.4 Å². The van der Waals surface area contributed by atoms with E-state index in [1.807, 2.05) is 25.2 Å². The quantitative estimate of drug-likeness (QED) is 0.826. The van der Waals surface area contributed by atoms with E-state index in [-0.39, 0.29) is 5.78 Å². The number of anilines is 1. The summed E-state index contributed by atoms with van der Waals surface area (Å²) in [5.74, 6) is 0.144. The van der Waals surface area contributed by atoms with E-state index in [4.69, 9.17) is 0 Å². The average molecular weight is 260 g/mol. The third-order valence-electron chi connectivity index (χ3n) is 3.94. The van der Waals surface area contributed by atoms with E-state index in [2.05, 4.69) is 16.3 Å². The first-order chi connectivity index (χ1) is 9.22. The number of carbonyl (C=O) groups is 1. The Hall–Kier alpha value is -1.35. The Morgan fingerprint density at radius 2 is 2.26 bits per heavy atom. The zero-order chi connectivity index (χ0) is 13.7. The molecule has 0 radical (unpaired) electrons. The highest BCUT2D eigenvalue weighted by Gasteiger charge is 2.22. The van der Waals surface area contributed by atoms with Gasteiger partial charge in [-0.2, -0.15) is 0 Å². The summed E-state index contributed by atoms with van der Waals surface area (Å²) in [6.45, 7) is 3.79. The van der Waals surface area contributed by atoms with Crippen LogP contribution in [0.2, 0.25) is 0 Å². The molecular formula is C16H24N2O. The van der Waals surface area contributed by atoms with Crippen LogP contribution in [0.3, 0.4) is 0 Å². The van der Waals surface area contributed by atoms with E-state index in [1.54, 1.807) is 6.92 Å². The van der Waals surface area contributed by atoms with Gasteiger partial charge < -0.3 is 10.2 Å². The molecule has 0 amide bonds. The van der Waals surface area contributed by atoms with Gasteiger partial charge in [0, 0.05) is 23.8 Å². The summed E-state index contributed by atoms with van der Waals surface area (Å²) in [7, 11) is 2.00. The van der Waals surface area contributed by atoms with Crippen LogP contribution in [-0.4, -0.2) is 32.0 Å². The second-order valence-corrected chi connectivity index (χ2v) is 5.34. The maximum atomic E-state index is 11.5. The van der Waals surface area contributed by atoms with Crippen LogP contribution < -0.4 is 10.2 Å². The molecule has 2 rings (SSSR count). The standard InChI is InChI=1S/C16H24N2O/c1-13(19)14-6-5-8-16(12-14)18-11-4-3-7-15(18)9-10-17-2/h5-6,8,12,15,17H,3-4,7,9-11H2,1-2H3. The molecule has 0 bridgehead atoms. The molecule has 0 spiro atoms. The van der Waals surface area contributed by atoms with Gasteiger partial charge in [-0.1, -0.05) is 12.1 Å². The minimum absolute atomic E-state index is 0.144. The number of piperidine rings is 1. The molecule has 1 unspecified atom stereocenters. The van der Waals surface area contributed by atoms with Gasteiger partial charge in [0.05, 0.1) is 0 Å².